The van der Waals surface area contributed by atoms with Crippen molar-refractivity contribution in [3.05, 3.63) is 111 Å². The molecule has 0 amide bonds. The minimum atomic E-state index is -3.97. The zero-order chi connectivity index (χ0) is 29.6. The van der Waals surface area contributed by atoms with Crippen molar-refractivity contribution in [2.24, 2.45) is 0 Å². The van der Waals surface area contributed by atoms with Gasteiger partial charge in [-0.1, -0.05) is 47.0 Å². The Bertz CT molecular complexity index is 1960. The first kappa shape index (κ1) is 28.5. The van der Waals surface area contributed by atoms with E-state index in [9.17, 15) is 13.2 Å². The van der Waals surface area contributed by atoms with Gasteiger partial charge in [-0.2, -0.15) is 0 Å². The van der Waals surface area contributed by atoms with Crippen LogP contribution in [-0.4, -0.2) is 48.2 Å². The number of rotatable bonds is 6. The lowest BCUT2D eigenvalue weighted by Gasteiger charge is -2.28. The monoisotopic (exact) mass is 622 g/mol. The molecule has 0 N–H and O–H groups in total. The van der Waals surface area contributed by atoms with Gasteiger partial charge in [-0.15, -0.1) is 0 Å². The number of aromatic nitrogens is 3. The summed E-state index contributed by atoms with van der Waals surface area (Å²) in [5.41, 5.74) is 3.87. The van der Waals surface area contributed by atoms with E-state index in [4.69, 9.17) is 27.9 Å². The molecule has 0 aliphatic carbocycles. The van der Waals surface area contributed by atoms with E-state index < -0.39 is 10.0 Å². The molecule has 1 aliphatic rings. The molecule has 0 spiro atoms. The second-order valence-corrected chi connectivity index (χ2v) is 13.0. The maximum atomic E-state index is 13.8. The molecule has 1 atom stereocenters. The molecule has 0 bridgehead atoms. The minimum absolute atomic E-state index is 0.154. The highest BCUT2D eigenvalue weighted by atomic mass is 35.5. The van der Waals surface area contributed by atoms with Crippen molar-refractivity contribution in [3.63, 3.8) is 0 Å². The van der Waals surface area contributed by atoms with Crippen molar-refractivity contribution >= 4 is 49.9 Å². The molecule has 5 aromatic rings. The van der Waals surface area contributed by atoms with Crippen molar-refractivity contribution < 1.29 is 13.2 Å². The van der Waals surface area contributed by atoms with Crippen LogP contribution in [0, 0.1) is 6.92 Å². The third kappa shape index (κ3) is 5.22. The Hall–Kier alpha value is -3.63. The number of hydrogen-bond donors (Lipinski definition) is 0. The molecule has 42 heavy (non-hydrogen) atoms. The minimum Gasteiger partial charge on any atom is -0.378 e. The quantitative estimate of drug-likeness (QED) is 0.225. The number of fused-ring (bicyclic) bond motifs is 1. The first-order chi connectivity index (χ1) is 20.1. The normalized spacial score (nSPS) is 14.8. The summed E-state index contributed by atoms with van der Waals surface area (Å²) in [5.74, 6) is 0. The molecule has 2 aromatic carbocycles. The third-order valence-corrected chi connectivity index (χ3v) is 10.1. The van der Waals surface area contributed by atoms with Crippen LogP contribution in [0.1, 0.15) is 24.1 Å². The van der Waals surface area contributed by atoms with Gasteiger partial charge in [0.15, 0.2) is 5.65 Å². The number of benzene rings is 2. The van der Waals surface area contributed by atoms with Crippen LogP contribution in [0.3, 0.4) is 0 Å². The molecular weight excluding hydrogens is 595 g/mol. The fraction of sp³-hybridized carbons (Fsp3) is 0.226. The number of hydrogen-bond acceptors (Lipinski definition) is 6. The van der Waals surface area contributed by atoms with Crippen LogP contribution in [0.15, 0.2) is 88.9 Å². The van der Waals surface area contributed by atoms with E-state index in [1.165, 1.54) is 10.0 Å². The summed E-state index contributed by atoms with van der Waals surface area (Å²) in [7, 11) is -3.97. The van der Waals surface area contributed by atoms with Crippen molar-refractivity contribution in [1.82, 2.24) is 13.5 Å². The Balaban J connectivity index is 1.48. The van der Waals surface area contributed by atoms with E-state index in [-0.39, 0.29) is 22.1 Å². The summed E-state index contributed by atoms with van der Waals surface area (Å²) in [6.45, 7) is 6.41. The number of ether oxygens (including phenoxy) is 1. The number of aryl methyl sites for hydroxylation is 1. The second-order valence-electron chi connectivity index (χ2n) is 10.3. The summed E-state index contributed by atoms with van der Waals surface area (Å²) >= 11 is 12.3. The van der Waals surface area contributed by atoms with Crippen molar-refractivity contribution in [3.8, 4) is 11.1 Å². The molecule has 1 unspecified atom stereocenters. The van der Waals surface area contributed by atoms with Gasteiger partial charge in [-0.25, -0.2) is 17.4 Å². The Kier molecular flexibility index (Phi) is 7.61. The highest BCUT2D eigenvalue weighted by Crippen LogP contribution is 2.34. The predicted molar refractivity (Wildman–Crippen MR) is 166 cm³/mol. The van der Waals surface area contributed by atoms with E-state index in [2.05, 4.69) is 9.88 Å². The largest absolute Gasteiger partial charge is 0.378 e. The molecular formula is C31H28Cl2N4O4S. The van der Waals surface area contributed by atoms with Crippen molar-refractivity contribution in [2.45, 2.75) is 24.8 Å². The number of halogens is 2. The highest BCUT2D eigenvalue weighted by Gasteiger charge is 2.25. The molecule has 216 valence electrons. The molecule has 1 fully saturated rings. The maximum absolute atomic E-state index is 13.8. The zero-order valence-electron chi connectivity index (χ0n) is 23.0. The van der Waals surface area contributed by atoms with Crippen molar-refractivity contribution in [1.29, 1.82) is 0 Å². The second kappa shape index (κ2) is 11.2. The Labute approximate surface area is 253 Å². The van der Waals surface area contributed by atoms with Gasteiger partial charge in [-0.3, -0.25) is 4.79 Å². The third-order valence-electron chi connectivity index (χ3n) is 7.65. The summed E-state index contributed by atoms with van der Waals surface area (Å²) in [6, 6.07) is 17.0. The SMILES string of the molecule is Cc1ccc(S(=O)(=O)n2cc(-c3ccn(C(C)c4ccc(Cl)c(Cl)c4)c(=O)c3)c3cc(N4CCOCC4)cnc32)cc1. The lowest BCUT2D eigenvalue weighted by atomic mass is 10.1. The molecule has 0 saturated carbocycles. The van der Waals surface area contributed by atoms with E-state index >= 15 is 0 Å². The van der Waals surface area contributed by atoms with Crippen LogP contribution < -0.4 is 10.5 Å². The van der Waals surface area contributed by atoms with Gasteiger partial charge in [0.05, 0.1) is 46.1 Å². The van der Waals surface area contributed by atoms with E-state index in [0.29, 0.717) is 52.9 Å². The molecule has 0 radical (unpaired) electrons. The first-order valence-corrected chi connectivity index (χ1v) is 15.7. The summed E-state index contributed by atoms with van der Waals surface area (Å²) in [5, 5.41) is 1.48. The summed E-state index contributed by atoms with van der Waals surface area (Å²) in [4.78, 5) is 20.4. The Morgan fingerprint density at radius 1 is 0.952 bits per heavy atom. The van der Waals surface area contributed by atoms with Crippen LogP contribution in [-0.2, 0) is 14.8 Å². The van der Waals surface area contributed by atoms with Gasteiger partial charge in [0.2, 0.25) is 0 Å². The van der Waals surface area contributed by atoms with Gasteiger partial charge in [0.25, 0.3) is 15.6 Å². The predicted octanol–water partition coefficient (Wildman–Crippen LogP) is 6.16. The topological polar surface area (TPSA) is 86.4 Å². The Morgan fingerprint density at radius 3 is 2.38 bits per heavy atom. The number of nitrogens with zero attached hydrogens (tertiary/aromatic N) is 4. The molecule has 1 aliphatic heterocycles. The van der Waals surface area contributed by atoms with Crippen LogP contribution in [0.25, 0.3) is 22.2 Å². The maximum Gasteiger partial charge on any atom is 0.269 e. The van der Waals surface area contributed by atoms with Crippen LogP contribution >= 0.6 is 23.2 Å². The fourth-order valence-electron chi connectivity index (χ4n) is 5.21. The van der Waals surface area contributed by atoms with Crippen molar-refractivity contribution in [2.75, 3.05) is 31.2 Å². The van der Waals surface area contributed by atoms with Gasteiger partial charge in [0.1, 0.15) is 0 Å². The highest BCUT2D eigenvalue weighted by molar-refractivity contribution is 7.90. The average Bonchev–Trinajstić information content (AvgIpc) is 3.39. The standard InChI is InChI=1S/C31H28Cl2N4O4S/c1-20-3-6-25(7-4-20)42(39,40)37-19-27(26-17-24(18-34-31(26)37)35-11-13-41-14-12-35)23-9-10-36(30(38)16-23)21(2)22-5-8-28(32)29(33)15-22/h3-10,15-19,21H,11-14H2,1-2H3. The van der Waals surface area contributed by atoms with Gasteiger partial charge in [-0.05, 0) is 61.4 Å². The number of morpholine rings is 1. The first-order valence-electron chi connectivity index (χ1n) is 13.5. The van der Waals surface area contributed by atoms with E-state index in [1.807, 2.05) is 32.0 Å². The zero-order valence-corrected chi connectivity index (χ0v) is 25.3. The summed E-state index contributed by atoms with van der Waals surface area (Å²) in [6.07, 6.45) is 4.95. The smallest absolute Gasteiger partial charge is 0.269 e. The number of anilines is 1. The van der Waals surface area contributed by atoms with E-state index in [0.717, 1.165) is 16.8 Å². The summed E-state index contributed by atoms with van der Waals surface area (Å²) < 4.78 is 35.9. The molecule has 4 heterocycles. The van der Waals surface area contributed by atoms with Gasteiger partial charge < -0.3 is 14.2 Å². The molecule has 1 saturated heterocycles. The lowest BCUT2D eigenvalue weighted by molar-refractivity contribution is 0.122. The van der Waals surface area contributed by atoms with E-state index in [1.54, 1.807) is 59.6 Å². The fourth-order valence-corrected chi connectivity index (χ4v) is 6.84. The van der Waals surface area contributed by atoms with Crippen LogP contribution in [0.4, 0.5) is 5.69 Å². The molecule has 6 rings (SSSR count). The lowest BCUT2D eigenvalue weighted by Crippen LogP contribution is -2.36. The van der Waals surface area contributed by atoms with Crippen LogP contribution in [0.2, 0.25) is 10.0 Å². The number of pyridine rings is 2. The molecule has 3 aromatic heterocycles. The van der Waals surface area contributed by atoms with Gasteiger partial charge >= 0.3 is 0 Å². The van der Waals surface area contributed by atoms with Gasteiger partial charge in [0, 0.05) is 42.5 Å². The molecule has 11 heteroatoms. The average molecular weight is 624 g/mol. The van der Waals surface area contributed by atoms with Crippen LogP contribution in [0.5, 0.6) is 0 Å². The Morgan fingerprint density at radius 2 is 1.69 bits per heavy atom. The molecule has 8 nitrogen and oxygen atoms in total.